The van der Waals surface area contributed by atoms with Gasteiger partial charge in [-0.15, -0.1) is 13.2 Å². The summed E-state index contributed by atoms with van der Waals surface area (Å²) in [5.41, 5.74) is -0.283. The first-order chi connectivity index (χ1) is 24.8. The van der Waals surface area contributed by atoms with Crippen molar-refractivity contribution in [1.29, 1.82) is 0 Å². The van der Waals surface area contributed by atoms with Gasteiger partial charge in [0.25, 0.3) is 5.91 Å². The van der Waals surface area contributed by atoms with Crippen LogP contribution in [0.1, 0.15) is 58.1 Å². The highest BCUT2D eigenvalue weighted by atomic mass is 79.9. The number of rotatable bonds is 16. The Morgan fingerprint density at radius 3 is 2.40 bits per heavy atom. The molecule has 3 heterocycles. The molecule has 1 spiro atoms. The van der Waals surface area contributed by atoms with Crippen LogP contribution in [0.4, 0.5) is 5.69 Å². The summed E-state index contributed by atoms with van der Waals surface area (Å²) in [6.07, 6.45) is 3.08. The molecule has 52 heavy (non-hydrogen) atoms. The van der Waals surface area contributed by atoms with Gasteiger partial charge < -0.3 is 29.3 Å². The fourth-order valence-corrected chi connectivity index (χ4v) is 9.39. The molecule has 9 atom stereocenters. The van der Waals surface area contributed by atoms with Crippen molar-refractivity contribution in [3.05, 3.63) is 90.5 Å². The number of likely N-dealkylation sites (tertiary alicyclic amines) is 1. The summed E-state index contributed by atoms with van der Waals surface area (Å²) in [6, 6.07) is 13.7. The van der Waals surface area contributed by atoms with Gasteiger partial charge in [0.2, 0.25) is 11.8 Å². The number of para-hydroxylation sites is 1. The van der Waals surface area contributed by atoms with Crippen molar-refractivity contribution in [3.8, 4) is 0 Å². The minimum absolute atomic E-state index is 0.0766. The number of carbonyl (C=O) groups excluding carboxylic acids is 4. The van der Waals surface area contributed by atoms with E-state index in [1.165, 1.54) is 9.80 Å². The highest BCUT2D eigenvalue weighted by Gasteiger charge is 2.77. The van der Waals surface area contributed by atoms with E-state index in [1.54, 1.807) is 48.4 Å². The minimum atomic E-state index is -1.41. The maximum atomic E-state index is 15.0. The van der Waals surface area contributed by atoms with Crippen LogP contribution in [-0.4, -0.2) is 93.5 Å². The Morgan fingerprint density at radius 2 is 1.79 bits per heavy atom. The number of aliphatic hydroxyl groups is 1. The fourth-order valence-electron chi connectivity index (χ4n) is 8.21. The fraction of sp³-hybridized carbons (Fsp3) is 0.500. The molecule has 5 rings (SSSR count). The molecule has 2 aromatic rings. The second-order valence-corrected chi connectivity index (χ2v) is 16.0. The molecule has 3 aliphatic heterocycles. The predicted octanol–water partition coefficient (Wildman–Crippen LogP) is 6.11. The Kier molecular flexibility index (Phi) is 12.7. The molecule has 2 bridgehead atoms. The van der Waals surface area contributed by atoms with Gasteiger partial charge in [0, 0.05) is 24.8 Å². The zero-order chi connectivity index (χ0) is 37.9. The number of hydrogen-bond donors (Lipinski definition) is 1. The summed E-state index contributed by atoms with van der Waals surface area (Å²) in [4.78, 5) is 61.8. The second kappa shape index (κ2) is 16.7. The van der Waals surface area contributed by atoms with Crippen LogP contribution in [0.5, 0.6) is 0 Å². The van der Waals surface area contributed by atoms with Gasteiger partial charge in [-0.1, -0.05) is 96.0 Å². The number of esters is 1. The number of aliphatic hydroxyl groups excluding tert-OH is 1. The molecule has 0 saturated carbocycles. The first-order valence-corrected chi connectivity index (χ1v) is 19.2. The molecule has 3 amide bonds. The van der Waals surface area contributed by atoms with E-state index in [4.69, 9.17) is 21.1 Å². The summed E-state index contributed by atoms with van der Waals surface area (Å²) in [7, 11) is 1.68. The van der Waals surface area contributed by atoms with Crippen LogP contribution in [0.3, 0.4) is 0 Å². The van der Waals surface area contributed by atoms with Gasteiger partial charge in [0.05, 0.1) is 47.3 Å². The number of amides is 3. The number of benzene rings is 2. The number of ether oxygens (including phenoxy) is 2. The number of fused-ring (bicyclic) bond motifs is 1. The molecule has 0 aromatic heterocycles. The number of halogens is 2. The lowest BCUT2D eigenvalue weighted by atomic mass is 9.70. The number of hydrogen-bond acceptors (Lipinski definition) is 7. The largest absolute Gasteiger partial charge is 0.455 e. The summed E-state index contributed by atoms with van der Waals surface area (Å²) < 4.78 is 13.1. The van der Waals surface area contributed by atoms with Gasteiger partial charge in [-0.25, -0.2) is 0 Å². The first kappa shape index (κ1) is 39.7. The van der Waals surface area contributed by atoms with Gasteiger partial charge in [0.15, 0.2) is 0 Å². The molecule has 2 aromatic carbocycles. The summed E-state index contributed by atoms with van der Waals surface area (Å²) in [5.74, 6) is -3.74. The van der Waals surface area contributed by atoms with Gasteiger partial charge in [-0.05, 0) is 49.8 Å². The highest BCUT2D eigenvalue weighted by Crippen LogP contribution is 2.61. The summed E-state index contributed by atoms with van der Waals surface area (Å²) in [6.45, 7) is 13.1. The molecule has 3 aliphatic rings. The van der Waals surface area contributed by atoms with Crippen molar-refractivity contribution in [2.24, 2.45) is 17.8 Å². The van der Waals surface area contributed by atoms with E-state index in [0.29, 0.717) is 29.1 Å². The number of carbonyl (C=O) groups is 4. The topological polar surface area (TPSA) is 117 Å². The smallest absolute Gasteiger partial charge is 0.313 e. The molecule has 10 nitrogen and oxygen atoms in total. The van der Waals surface area contributed by atoms with Crippen molar-refractivity contribution in [3.63, 3.8) is 0 Å². The van der Waals surface area contributed by atoms with Crippen molar-refractivity contribution < 1.29 is 33.8 Å². The number of anilines is 1. The average molecular weight is 799 g/mol. The zero-order valence-electron chi connectivity index (χ0n) is 30.2. The van der Waals surface area contributed by atoms with E-state index in [1.807, 2.05) is 51.1 Å². The number of nitrogens with zero attached hydrogens (tertiary/aromatic N) is 3. The Balaban J connectivity index is 1.57. The van der Waals surface area contributed by atoms with E-state index in [-0.39, 0.29) is 42.6 Å². The molecule has 3 saturated heterocycles. The minimum Gasteiger partial charge on any atom is -0.455 e. The van der Waals surface area contributed by atoms with Gasteiger partial charge in [-0.3, -0.25) is 19.2 Å². The van der Waals surface area contributed by atoms with Crippen LogP contribution in [-0.2, 0) is 28.7 Å². The Morgan fingerprint density at radius 1 is 1.12 bits per heavy atom. The molecule has 0 radical (unpaired) electrons. The third-order valence-corrected chi connectivity index (χ3v) is 11.8. The SMILES string of the molecule is C=CCCC(=O)N(C)[C@H](C)[C@H](OC(=O)[C@@H]1[C@H]2O[C@@]3(CC2Br)[C@H](C(=O)N(CC=C)c2ccccc2Cl)N([C@@H](CO)CC(C)C)C(=O)[C@@H]13)c1ccccc1. The van der Waals surface area contributed by atoms with Crippen molar-refractivity contribution in [2.45, 2.75) is 87.2 Å². The van der Waals surface area contributed by atoms with E-state index in [9.17, 15) is 19.5 Å². The number of alkyl halides is 1. The Bertz CT molecular complexity index is 1660. The predicted molar refractivity (Wildman–Crippen MR) is 204 cm³/mol. The second-order valence-electron chi connectivity index (χ2n) is 14.4. The third kappa shape index (κ3) is 7.34. The van der Waals surface area contributed by atoms with E-state index >= 15 is 4.79 Å². The van der Waals surface area contributed by atoms with E-state index < -0.39 is 65.6 Å². The highest BCUT2D eigenvalue weighted by molar-refractivity contribution is 9.09. The van der Waals surface area contributed by atoms with Crippen LogP contribution in [0.15, 0.2) is 79.9 Å². The third-order valence-electron chi connectivity index (χ3n) is 10.7. The van der Waals surface area contributed by atoms with Crippen LogP contribution >= 0.6 is 27.5 Å². The lowest BCUT2D eigenvalue weighted by molar-refractivity contribution is -0.165. The molecule has 1 N–H and O–H groups in total. The van der Waals surface area contributed by atoms with Gasteiger partial charge >= 0.3 is 5.97 Å². The van der Waals surface area contributed by atoms with Crippen LogP contribution in [0.2, 0.25) is 5.02 Å². The quantitative estimate of drug-likeness (QED) is 0.124. The Hall–Kier alpha value is -3.51. The molecular formula is C40H49BrClN3O7. The van der Waals surface area contributed by atoms with Crippen LogP contribution in [0.25, 0.3) is 0 Å². The van der Waals surface area contributed by atoms with Crippen LogP contribution in [0, 0.1) is 17.8 Å². The molecule has 3 fully saturated rings. The van der Waals surface area contributed by atoms with Crippen molar-refractivity contribution >= 4 is 56.9 Å². The van der Waals surface area contributed by atoms with Crippen molar-refractivity contribution in [2.75, 3.05) is 25.1 Å². The zero-order valence-corrected chi connectivity index (χ0v) is 32.5. The molecular weight excluding hydrogens is 750 g/mol. The molecule has 12 heteroatoms. The summed E-state index contributed by atoms with van der Waals surface area (Å²) in [5, 5.41) is 11.1. The molecule has 280 valence electrons. The lowest BCUT2D eigenvalue weighted by Gasteiger charge is -2.40. The normalized spacial score (nSPS) is 26.4. The maximum absolute atomic E-state index is 15.0. The van der Waals surface area contributed by atoms with Crippen LogP contribution < -0.4 is 4.90 Å². The van der Waals surface area contributed by atoms with E-state index in [0.717, 1.165) is 0 Å². The molecule has 0 aliphatic carbocycles. The first-order valence-electron chi connectivity index (χ1n) is 17.9. The lowest BCUT2D eigenvalue weighted by Crippen LogP contribution is -2.59. The van der Waals surface area contributed by atoms with E-state index in [2.05, 4.69) is 29.1 Å². The number of likely N-dealkylation sites (N-methyl/N-ethyl adjacent to an activating group) is 1. The maximum Gasteiger partial charge on any atom is 0.313 e. The standard InChI is InChI=1S/C40H49BrClN3O7/c1-7-9-19-31(47)43(6)25(5)34(26-15-11-10-12-16-26)51-39(50)32-33-37(48)45(27(23-46)21-24(3)4)36(40(33)22-28(41)35(32)52-40)38(49)44(20-8-2)30-18-14-13-17-29(30)42/h7-8,10-18,24-25,27-28,32-36,46H,1-2,9,19-23H2,3-6H3/t25-,27-,28?,32+,33-,34+,35+,36+,40-/m1/s1. The van der Waals surface area contributed by atoms with Gasteiger partial charge in [-0.2, -0.15) is 0 Å². The Labute approximate surface area is 319 Å². The summed E-state index contributed by atoms with van der Waals surface area (Å²) >= 11 is 10.4. The number of allylic oxidation sites excluding steroid dienone is 1. The average Bonchev–Trinajstić information content (AvgIpc) is 3.73. The molecule has 1 unspecified atom stereocenters. The van der Waals surface area contributed by atoms with Gasteiger partial charge in [0.1, 0.15) is 17.7 Å². The monoisotopic (exact) mass is 797 g/mol. The van der Waals surface area contributed by atoms with Crippen molar-refractivity contribution in [1.82, 2.24) is 9.80 Å².